The highest BCUT2D eigenvalue weighted by atomic mass is 32.2. The predicted molar refractivity (Wildman–Crippen MR) is 173 cm³/mol. The van der Waals surface area contributed by atoms with Crippen molar-refractivity contribution in [1.82, 2.24) is 35.0 Å². The third-order valence-electron chi connectivity index (χ3n) is 7.16. The van der Waals surface area contributed by atoms with Crippen molar-refractivity contribution in [3.05, 3.63) is 63.6 Å². The number of thiazole rings is 1. The van der Waals surface area contributed by atoms with Crippen LogP contribution in [0.15, 0.2) is 51.2 Å². The standard InChI is InChI=1S/C27H21N9O11S3/c28-27-31-13(8-50-27)17(33-47-5-10-1-9(24(41)42)2-14(37)20(10)38)21(39)32-18-22(40)35-19(26(45)46)11(7-49-23(18)35)6-48-16-3-12(25(43)44)30-15-4-29-34-36(15)16/h1-4,8,18,23,37-38H,5-7H2,(H2,28,31)(H,32,39)(H,41,42)(H,43,44)(H,45,46)/b33-17-/t18-,23-/m1/s1. The second-order valence-electron chi connectivity index (χ2n) is 10.3. The van der Waals surface area contributed by atoms with Gasteiger partial charge in [-0.1, -0.05) is 10.4 Å². The van der Waals surface area contributed by atoms with E-state index < -0.39 is 65.0 Å². The maximum Gasteiger partial charge on any atom is 0.354 e. The number of nitrogen functional groups attached to an aromatic ring is 1. The van der Waals surface area contributed by atoms with Crippen molar-refractivity contribution >= 4 is 81.1 Å². The van der Waals surface area contributed by atoms with Crippen molar-refractivity contribution in [3.8, 4) is 11.5 Å². The van der Waals surface area contributed by atoms with E-state index in [-0.39, 0.29) is 50.5 Å². The van der Waals surface area contributed by atoms with E-state index in [9.17, 15) is 49.5 Å². The number of aromatic hydroxyl groups is 2. The quantitative estimate of drug-likeness (QED) is 0.0258. The van der Waals surface area contributed by atoms with Gasteiger partial charge in [0.1, 0.15) is 34.4 Å². The fraction of sp³-hybridized carbons (Fsp3) is 0.185. The number of phenolic OH excluding ortho intramolecular Hbond substituents is 2. The van der Waals surface area contributed by atoms with Crippen molar-refractivity contribution in [3.63, 3.8) is 0 Å². The van der Waals surface area contributed by atoms with Crippen LogP contribution in [0.5, 0.6) is 11.5 Å². The monoisotopic (exact) mass is 743 g/mol. The van der Waals surface area contributed by atoms with Gasteiger partial charge in [0.15, 0.2) is 33.7 Å². The van der Waals surface area contributed by atoms with E-state index in [1.54, 1.807) is 0 Å². The number of amides is 2. The number of carboxylic acid groups (broad SMARTS) is 3. The minimum atomic E-state index is -1.38. The van der Waals surface area contributed by atoms with Crippen molar-refractivity contribution in [1.29, 1.82) is 0 Å². The molecule has 2 atom stereocenters. The predicted octanol–water partition coefficient (Wildman–Crippen LogP) is 0.422. The number of carbonyl (C=O) groups is 5. The third kappa shape index (κ3) is 6.42. The Labute approximate surface area is 290 Å². The minimum Gasteiger partial charge on any atom is -0.504 e. The lowest BCUT2D eigenvalue weighted by Gasteiger charge is -2.49. The van der Waals surface area contributed by atoms with E-state index in [2.05, 4.69) is 30.8 Å². The molecule has 1 saturated heterocycles. The Morgan fingerprint density at radius 2 is 1.86 bits per heavy atom. The molecule has 50 heavy (non-hydrogen) atoms. The molecular formula is C27H21N9O11S3. The number of aromatic carboxylic acids is 2. The summed E-state index contributed by atoms with van der Waals surface area (Å²) in [4.78, 5) is 76.3. The van der Waals surface area contributed by atoms with Gasteiger partial charge in [0.25, 0.3) is 11.8 Å². The van der Waals surface area contributed by atoms with E-state index >= 15 is 0 Å². The topological polar surface area (TPSA) is 305 Å². The molecule has 2 aliphatic rings. The average Bonchev–Trinajstić information content (AvgIpc) is 3.74. The number of phenols is 2. The molecule has 0 radical (unpaired) electrons. The largest absolute Gasteiger partial charge is 0.504 e. The van der Waals surface area contributed by atoms with Crippen molar-refractivity contribution < 1.29 is 54.3 Å². The van der Waals surface area contributed by atoms with Crippen molar-refractivity contribution in [2.24, 2.45) is 5.16 Å². The molecule has 1 fully saturated rings. The maximum atomic E-state index is 13.4. The molecule has 4 aromatic rings. The summed E-state index contributed by atoms with van der Waals surface area (Å²) in [6.07, 6.45) is 1.27. The van der Waals surface area contributed by atoms with Crippen LogP contribution >= 0.6 is 34.9 Å². The SMILES string of the molecule is Nc1nc(/C(=N/OCc2cc(C(=O)O)cc(O)c2O)C(=O)N[C@@H]2C(=O)N3C(C(=O)O)=C(CSc4cc(C(=O)O)nc5cnnn45)CS[C@H]23)cs1. The van der Waals surface area contributed by atoms with Crippen LogP contribution in [0.2, 0.25) is 0 Å². The fourth-order valence-corrected chi connectivity index (χ4v) is 7.88. The number of anilines is 1. The van der Waals surface area contributed by atoms with Crippen LogP contribution in [0, 0.1) is 0 Å². The Morgan fingerprint density at radius 1 is 1.08 bits per heavy atom. The summed E-state index contributed by atoms with van der Waals surface area (Å²) in [6, 6.07) is 1.96. The molecule has 2 amide bonds. The fourth-order valence-electron chi connectivity index (χ4n) is 4.85. The molecule has 0 saturated carbocycles. The molecule has 0 spiro atoms. The van der Waals surface area contributed by atoms with E-state index in [0.717, 1.165) is 40.1 Å². The Bertz CT molecular complexity index is 2170. The number of hydrogen-bond donors (Lipinski definition) is 7. The second kappa shape index (κ2) is 13.5. The molecule has 23 heteroatoms. The van der Waals surface area contributed by atoms with E-state index in [4.69, 9.17) is 10.6 Å². The molecule has 6 rings (SSSR count). The number of aliphatic carboxylic acids is 1. The number of oxime groups is 1. The van der Waals surface area contributed by atoms with Gasteiger partial charge in [-0.3, -0.25) is 14.5 Å². The zero-order chi connectivity index (χ0) is 35.9. The summed E-state index contributed by atoms with van der Waals surface area (Å²) < 4.78 is 1.30. The number of rotatable bonds is 12. The zero-order valence-electron chi connectivity index (χ0n) is 24.8. The van der Waals surface area contributed by atoms with Gasteiger partial charge in [-0.05, 0) is 17.7 Å². The van der Waals surface area contributed by atoms with Crippen LogP contribution in [0.1, 0.15) is 32.1 Å². The van der Waals surface area contributed by atoms with Crippen LogP contribution in [0.3, 0.4) is 0 Å². The van der Waals surface area contributed by atoms with Gasteiger partial charge < -0.3 is 41.4 Å². The van der Waals surface area contributed by atoms with Crippen molar-refractivity contribution in [2.75, 3.05) is 17.2 Å². The molecule has 258 valence electrons. The summed E-state index contributed by atoms with van der Waals surface area (Å²) >= 11 is 3.24. The number of nitrogens with zero attached hydrogens (tertiary/aromatic N) is 7. The first kappa shape index (κ1) is 33.9. The molecule has 5 heterocycles. The molecule has 0 bridgehead atoms. The van der Waals surface area contributed by atoms with E-state index in [0.29, 0.717) is 10.6 Å². The number of benzene rings is 1. The number of thioether (sulfide) groups is 2. The van der Waals surface area contributed by atoms with Gasteiger partial charge in [-0.15, -0.1) is 40.0 Å². The molecule has 0 aliphatic carbocycles. The lowest BCUT2D eigenvalue weighted by atomic mass is 10.0. The molecule has 3 aromatic heterocycles. The zero-order valence-corrected chi connectivity index (χ0v) is 27.2. The molecule has 20 nitrogen and oxygen atoms in total. The molecular weight excluding hydrogens is 723 g/mol. The lowest BCUT2D eigenvalue weighted by molar-refractivity contribution is -0.150. The first-order chi connectivity index (χ1) is 23.8. The number of hydrogen-bond acceptors (Lipinski definition) is 17. The van der Waals surface area contributed by atoms with E-state index in [1.165, 1.54) is 33.9 Å². The summed E-state index contributed by atoms with van der Waals surface area (Å²) in [5, 5.41) is 63.7. The second-order valence-corrected chi connectivity index (χ2v) is 13.3. The smallest absolute Gasteiger partial charge is 0.354 e. The number of nitrogens with one attached hydrogen (secondary N) is 1. The van der Waals surface area contributed by atoms with Crippen LogP contribution in [0.4, 0.5) is 5.13 Å². The molecule has 1 aromatic carbocycles. The number of fused-ring (bicyclic) bond motifs is 2. The minimum absolute atomic E-state index is 0.0367. The van der Waals surface area contributed by atoms with Gasteiger partial charge in [0, 0.05) is 28.5 Å². The number of β-lactam (4-membered cyclic amide) rings is 1. The summed E-state index contributed by atoms with van der Waals surface area (Å²) in [5.74, 6) is -6.91. The molecule has 0 unspecified atom stereocenters. The normalized spacial score (nSPS) is 17.3. The van der Waals surface area contributed by atoms with Crippen molar-refractivity contribution in [2.45, 2.75) is 23.0 Å². The number of nitrogens with two attached hydrogens (primary N) is 1. The first-order valence-corrected chi connectivity index (χ1v) is 16.7. The lowest BCUT2D eigenvalue weighted by Crippen LogP contribution is -2.71. The van der Waals surface area contributed by atoms with Crippen LogP contribution in [0.25, 0.3) is 5.65 Å². The summed E-state index contributed by atoms with van der Waals surface area (Å²) in [6.45, 7) is -0.585. The Hall–Kier alpha value is -5.94. The first-order valence-electron chi connectivity index (χ1n) is 13.8. The maximum absolute atomic E-state index is 13.4. The number of carboxylic acids is 3. The van der Waals surface area contributed by atoms with Gasteiger partial charge in [0.2, 0.25) is 0 Å². The Morgan fingerprint density at radius 3 is 2.54 bits per heavy atom. The molecule has 8 N–H and O–H groups in total. The highest BCUT2D eigenvalue weighted by molar-refractivity contribution is 8.01. The van der Waals surface area contributed by atoms with Gasteiger partial charge in [0.05, 0.1) is 11.8 Å². The average molecular weight is 744 g/mol. The van der Waals surface area contributed by atoms with Gasteiger partial charge >= 0.3 is 17.9 Å². The van der Waals surface area contributed by atoms with Gasteiger partial charge in [-0.2, -0.15) is 4.52 Å². The molecule has 2 aliphatic heterocycles. The van der Waals surface area contributed by atoms with Crippen LogP contribution < -0.4 is 11.1 Å². The number of aromatic nitrogens is 5. The highest BCUT2D eigenvalue weighted by Crippen LogP contribution is 2.42. The van der Waals surface area contributed by atoms with E-state index in [1.807, 2.05) is 0 Å². The van der Waals surface area contributed by atoms with Crippen LogP contribution in [-0.2, 0) is 25.8 Å². The Kier molecular flexibility index (Phi) is 9.18. The van der Waals surface area contributed by atoms with Crippen LogP contribution in [-0.4, -0.2) is 114 Å². The Balaban J connectivity index is 1.19. The van der Waals surface area contributed by atoms with Gasteiger partial charge in [-0.25, -0.2) is 24.4 Å². The highest BCUT2D eigenvalue weighted by Gasteiger charge is 2.54. The number of carbonyl (C=O) groups excluding carboxylic acids is 2. The summed E-state index contributed by atoms with van der Waals surface area (Å²) in [5.41, 5.74) is 4.73. The summed E-state index contributed by atoms with van der Waals surface area (Å²) in [7, 11) is 0. The third-order valence-corrected chi connectivity index (χ3v) is 10.2.